The molecule has 2 heterocycles. The molecule has 0 spiro atoms. The van der Waals surface area contributed by atoms with E-state index < -0.39 is 5.60 Å². The van der Waals surface area contributed by atoms with E-state index in [1.165, 1.54) is 12.1 Å². The average molecular weight is 454 g/mol. The van der Waals surface area contributed by atoms with Crippen LogP contribution in [0.2, 0.25) is 5.02 Å². The number of aliphatic imine (C=N–C) groups is 1. The molecule has 3 aromatic rings. The van der Waals surface area contributed by atoms with Gasteiger partial charge in [-0.15, -0.1) is 0 Å². The third kappa shape index (κ3) is 4.76. The predicted octanol–water partition coefficient (Wildman–Crippen LogP) is 5.53. The lowest BCUT2D eigenvalue weighted by molar-refractivity contribution is 0.0624. The minimum Gasteiger partial charge on any atom is -0.495 e. The number of benzene rings is 2. The van der Waals surface area contributed by atoms with Crippen molar-refractivity contribution in [2.45, 2.75) is 31.9 Å². The zero-order valence-electron chi connectivity index (χ0n) is 18.2. The van der Waals surface area contributed by atoms with Crippen LogP contribution < -0.4 is 4.74 Å². The first-order chi connectivity index (χ1) is 15.2. The molecule has 0 aliphatic carbocycles. The van der Waals surface area contributed by atoms with Gasteiger partial charge >= 0.3 is 0 Å². The van der Waals surface area contributed by atoms with Gasteiger partial charge in [0.1, 0.15) is 17.3 Å². The number of rotatable bonds is 6. The number of aromatic nitrogens is 1. The van der Waals surface area contributed by atoms with E-state index in [4.69, 9.17) is 21.3 Å². The van der Waals surface area contributed by atoms with E-state index in [2.05, 4.69) is 9.88 Å². The number of hydrogen-bond acceptors (Lipinski definition) is 5. The van der Waals surface area contributed by atoms with Crippen LogP contribution in [-0.4, -0.2) is 40.1 Å². The summed E-state index contributed by atoms with van der Waals surface area (Å²) in [5.74, 6) is 1.01. The molecule has 0 saturated carbocycles. The third-order valence-corrected chi connectivity index (χ3v) is 5.68. The normalized spacial score (nSPS) is 15.9. The molecule has 4 rings (SSSR count). The lowest BCUT2D eigenvalue weighted by atomic mass is 9.92. The maximum Gasteiger partial charge on any atom is 0.156 e. The summed E-state index contributed by atoms with van der Waals surface area (Å²) in [5, 5.41) is 11.0. The monoisotopic (exact) mass is 453 g/mol. The van der Waals surface area contributed by atoms with E-state index in [-0.39, 0.29) is 11.9 Å². The molecule has 1 aromatic heterocycles. The molecule has 1 aliphatic heterocycles. The Bertz CT molecular complexity index is 1130. The number of fused-ring (bicyclic) bond motifs is 1. The Morgan fingerprint density at radius 1 is 1.12 bits per heavy atom. The molecular formula is C25H25ClFN3O2. The van der Waals surface area contributed by atoms with Crippen molar-refractivity contribution < 1.29 is 14.2 Å². The van der Waals surface area contributed by atoms with Crippen LogP contribution in [0.15, 0.2) is 65.8 Å². The SMILES string of the molecule is COc1ccc(C2=Nc3ccc(Cl)cc3C(c3ccc(F)cc3)N2CCC(C)(C)O)nc1. The Balaban J connectivity index is 1.89. The number of pyridine rings is 1. The van der Waals surface area contributed by atoms with E-state index >= 15 is 0 Å². The van der Waals surface area contributed by atoms with Gasteiger partial charge in [0, 0.05) is 17.1 Å². The molecule has 1 atom stereocenters. The summed E-state index contributed by atoms with van der Waals surface area (Å²) in [6, 6.07) is 15.4. The number of amidine groups is 1. The van der Waals surface area contributed by atoms with E-state index in [1.54, 1.807) is 45.4 Å². The van der Waals surface area contributed by atoms with Gasteiger partial charge in [-0.3, -0.25) is 0 Å². The minimum atomic E-state index is -0.875. The van der Waals surface area contributed by atoms with Gasteiger partial charge in [0.2, 0.25) is 0 Å². The summed E-state index contributed by atoms with van der Waals surface area (Å²) in [5.41, 5.74) is 2.38. The maximum absolute atomic E-state index is 13.7. The van der Waals surface area contributed by atoms with Crippen LogP contribution in [0.25, 0.3) is 0 Å². The van der Waals surface area contributed by atoms with Crippen molar-refractivity contribution in [1.82, 2.24) is 9.88 Å². The molecule has 7 heteroatoms. The van der Waals surface area contributed by atoms with Crippen LogP contribution in [0.5, 0.6) is 5.75 Å². The average Bonchev–Trinajstić information content (AvgIpc) is 2.77. The van der Waals surface area contributed by atoms with Crippen molar-refractivity contribution in [2.75, 3.05) is 13.7 Å². The molecular weight excluding hydrogens is 429 g/mol. The molecule has 0 saturated heterocycles. The second-order valence-electron chi connectivity index (χ2n) is 8.43. The van der Waals surface area contributed by atoms with E-state index in [0.717, 1.165) is 16.8 Å². The van der Waals surface area contributed by atoms with Gasteiger partial charge < -0.3 is 14.7 Å². The molecule has 166 valence electrons. The van der Waals surface area contributed by atoms with Crippen molar-refractivity contribution in [1.29, 1.82) is 0 Å². The zero-order chi connectivity index (χ0) is 22.9. The standard InChI is InChI=1S/C25H25ClFN3O2/c1-25(2,31)12-13-30-23(16-4-7-18(27)8-5-16)20-14-17(26)6-10-21(20)29-24(30)22-11-9-19(32-3)15-28-22/h4-11,14-15,23,31H,12-13H2,1-3H3. The van der Waals surface area contributed by atoms with Gasteiger partial charge in [0.15, 0.2) is 5.84 Å². The van der Waals surface area contributed by atoms with Gasteiger partial charge in [-0.1, -0.05) is 23.7 Å². The van der Waals surface area contributed by atoms with Crippen LogP contribution >= 0.6 is 11.6 Å². The first kappa shape index (κ1) is 22.2. The van der Waals surface area contributed by atoms with Crippen LogP contribution in [0.1, 0.15) is 43.1 Å². The van der Waals surface area contributed by atoms with Crippen LogP contribution in [0, 0.1) is 5.82 Å². The molecule has 0 bridgehead atoms. The lowest BCUT2D eigenvalue weighted by Crippen LogP contribution is -2.41. The van der Waals surface area contributed by atoms with E-state index in [9.17, 15) is 9.50 Å². The third-order valence-electron chi connectivity index (χ3n) is 5.45. The molecule has 0 fully saturated rings. The van der Waals surface area contributed by atoms with Crippen molar-refractivity contribution in [3.8, 4) is 5.75 Å². The Kier molecular flexibility index (Phi) is 6.17. The van der Waals surface area contributed by atoms with Gasteiger partial charge in [-0.05, 0) is 68.3 Å². The Labute approximate surface area is 192 Å². The molecule has 0 amide bonds. The largest absolute Gasteiger partial charge is 0.495 e. The Morgan fingerprint density at radius 2 is 1.88 bits per heavy atom. The number of halogens is 2. The topological polar surface area (TPSA) is 58.0 Å². The predicted molar refractivity (Wildman–Crippen MR) is 124 cm³/mol. The van der Waals surface area contributed by atoms with Gasteiger partial charge in [0.05, 0.1) is 30.6 Å². The Morgan fingerprint density at radius 3 is 2.50 bits per heavy atom. The summed E-state index contributed by atoms with van der Waals surface area (Å²) in [4.78, 5) is 11.6. The first-order valence-electron chi connectivity index (χ1n) is 10.4. The number of ether oxygens (including phenoxy) is 1. The quantitative estimate of drug-likeness (QED) is 0.533. The maximum atomic E-state index is 13.7. The Hall–Kier alpha value is -2.96. The molecule has 2 aromatic carbocycles. The summed E-state index contributed by atoms with van der Waals surface area (Å²) >= 11 is 6.35. The minimum absolute atomic E-state index is 0.275. The van der Waals surface area contributed by atoms with Crippen LogP contribution in [0.3, 0.4) is 0 Å². The van der Waals surface area contributed by atoms with Gasteiger partial charge in [0.25, 0.3) is 0 Å². The highest BCUT2D eigenvalue weighted by atomic mass is 35.5. The number of aliphatic hydroxyl groups is 1. The number of hydrogen-bond donors (Lipinski definition) is 1. The number of methoxy groups -OCH3 is 1. The summed E-state index contributed by atoms with van der Waals surface area (Å²) < 4.78 is 19.0. The van der Waals surface area contributed by atoms with E-state index in [0.29, 0.717) is 35.3 Å². The van der Waals surface area contributed by atoms with Crippen LogP contribution in [0.4, 0.5) is 10.1 Å². The highest BCUT2D eigenvalue weighted by molar-refractivity contribution is 6.30. The highest BCUT2D eigenvalue weighted by Crippen LogP contribution is 2.41. The van der Waals surface area contributed by atoms with Gasteiger partial charge in [-0.2, -0.15) is 0 Å². The lowest BCUT2D eigenvalue weighted by Gasteiger charge is -2.39. The van der Waals surface area contributed by atoms with Crippen molar-refractivity contribution in [2.24, 2.45) is 4.99 Å². The molecule has 0 radical (unpaired) electrons. The molecule has 1 N–H and O–H groups in total. The van der Waals surface area contributed by atoms with Crippen molar-refractivity contribution in [3.63, 3.8) is 0 Å². The molecule has 1 aliphatic rings. The fraction of sp³-hybridized carbons (Fsp3) is 0.280. The summed E-state index contributed by atoms with van der Waals surface area (Å²) in [6.07, 6.45) is 2.14. The second-order valence-corrected chi connectivity index (χ2v) is 8.87. The fourth-order valence-corrected chi connectivity index (χ4v) is 3.97. The first-order valence-corrected chi connectivity index (χ1v) is 10.8. The zero-order valence-corrected chi connectivity index (χ0v) is 19.0. The molecule has 32 heavy (non-hydrogen) atoms. The van der Waals surface area contributed by atoms with Crippen LogP contribution in [-0.2, 0) is 0 Å². The number of nitrogens with zero attached hydrogens (tertiary/aromatic N) is 3. The van der Waals surface area contributed by atoms with Crippen molar-refractivity contribution in [3.05, 3.63) is 88.5 Å². The smallest absolute Gasteiger partial charge is 0.156 e. The summed E-state index contributed by atoms with van der Waals surface area (Å²) in [6.45, 7) is 4.05. The van der Waals surface area contributed by atoms with Crippen molar-refractivity contribution >= 4 is 23.1 Å². The second kappa shape index (κ2) is 8.88. The molecule has 1 unspecified atom stereocenters. The van der Waals surface area contributed by atoms with E-state index in [1.807, 2.05) is 24.3 Å². The molecule has 5 nitrogen and oxygen atoms in total. The highest BCUT2D eigenvalue weighted by Gasteiger charge is 2.33. The van der Waals surface area contributed by atoms with Gasteiger partial charge in [-0.25, -0.2) is 14.4 Å². The summed E-state index contributed by atoms with van der Waals surface area (Å²) in [7, 11) is 1.59. The fourth-order valence-electron chi connectivity index (χ4n) is 3.79.